The molecule has 1 aromatic heterocycles. The van der Waals surface area contributed by atoms with Gasteiger partial charge in [0.2, 0.25) is 0 Å². The zero-order valence-electron chi connectivity index (χ0n) is 14.9. The first-order valence-corrected chi connectivity index (χ1v) is 9.38. The fourth-order valence-electron chi connectivity index (χ4n) is 2.70. The van der Waals surface area contributed by atoms with Gasteiger partial charge in [-0.05, 0) is 30.7 Å². The van der Waals surface area contributed by atoms with Gasteiger partial charge in [-0.3, -0.25) is 19.3 Å². The largest absolute Gasteiger partial charge is 0.454 e. The number of nitrogens with one attached hydrogen (secondary N) is 2. The number of hydrogen-bond acceptors (Lipinski definition) is 6. The normalized spacial score (nSPS) is 15.7. The highest BCUT2D eigenvalue weighted by atomic mass is 32.1. The maximum Gasteiger partial charge on any atom is 0.326 e. The van der Waals surface area contributed by atoms with E-state index in [0.717, 1.165) is 9.78 Å². The maximum atomic E-state index is 12.4. The summed E-state index contributed by atoms with van der Waals surface area (Å²) in [5.74, 6) is -1.67. The number of hydrogen-bond donors (Lipinski definition) is 2. The van der Waals surface area contributed by atoms with Gasteiger partial charge in [-0.25, -0.2) is 4.79 Å². The Morgan fingerprint density at radius 1 is 1.31 bits per heavy atom. The topological polar surface area (TPSA) is 105 Å². The Hall–Kier alpha value is -2.42. The second-order valence-electron chi connectivity index (χ2n) is 5.95. The van der Waals surface area contributed by atoms with Crippen LogP contribution in [0.2, 0.25) is 0 Å². The lowest BCUT2D eigenvalue weighted by molar-refractivity contribution is -0.151. The van der Waals surface area contributed by atoms with Crippen molar-refractivity contribution < 1.29 is 23.9 Å². The predicted molar refractivity (Wildman–Crippen MR) is 95.5 cm³/mol. The number of ether oxygens (including phenoxy) is 1. The number of nitrogens with zero attached hydrogens (tertiary/aromatic N) is 1. The lowest BCUT2D eigenvalue weighted by Gasteiger charge is -2.22. The Bertz CT molecular complexity index is 670. The molecule has 2 N–H and O–H groups in total. The molecular weight excluding hydrogens is 358 g/mol. The Morgan fingerprint density at radius 2 is 2.04 bits per heavy atom. The van der Waals surface area contributed by atoms with Gasteiger partial charge >= 0.3 is 12.0 Å². The van der Waals surface area contributed by atoms with E-state index in [9.17, 15) is 19.2 Å². The molecule has 0 atom stereocenters. The number of carbonyl (C=O) groups excluding carboxylic acids is 4. The summed E-state index contributed by atoms with van der Waals surface area (Å²) in [7, 11) is 0. The van der Waals surface area contributed by atoms with Crippen LogP contribution in [0.1, 0.15) is 31.6 Å². The van der Waals surface area contributed by atoms with Crippen molar-refractivity contribution >= 4 is 35.2 Å². The van der Waals surface area contributed by atoms with Crippen molar-refractivity contribution in [2.24, 2.45) is 0 Å². The molecule has 4 amide bonds. The van der Waals surface area contributed by atoms with Gasteiger partial charge < -0.3 is 15.4 Å². The highest BCUT2D eigenvalue weighted by Gasteiger charge is 2.49. The smallest absolute Gasteiger partial charge is 0.326 e. The number of urea groups is 1. The summed E-state index contributed by atoms with van der Waals surface area (Å²) in [5.41, 5.74) is -0.962. The average Bonchev–Trinajstić information content (AvgIpc) is 3.22. The van der Waals surface area contributed by atoms with Crippen LogP contribution in [0.25, 0.3) is 0 Å². The minimum atomic E-state index is -0.962. The summed E-state index contributed by atoms with van der Waals surface area (Å²) in [6, 6.07) is 3.29. The number of thiophene rings is 1. The highest BCUT2D eigenvalue weighted by molar-refractivity contribution is 7.09. The first-order chi connectivity index (χ1) is 12.4. The molecule has 1 aromatic rings. The second-order valence-corrected chi connectivity index (χ2v) is 6.98. The molecule has 1 aliphatic rings. The predicted octanol–water partition coefficient (Wildman–Crippen LogP) is 1.06. The van der Waals surface area contributed by atoms with E-state index in [4.69, 9.17) is 4.74 Å². The monoisotopic (exact) mass is 381 g/mol. The summed E-state index contributed by atoms with van der Waals surface area (Å²) in [6.07, 6.45) is 1.58. The van der Waals surface area contributed by atoms with Crippen molar-refractivity contribution in [3.63, 3.8) is 0 Å². The molecule has 1 aliphatic heterocycles. The highest BCUT2D eigenvalue weighted by Crippen LogP contribution is 2.24. The van der Waals surface area contributed by atoms with Gasteiger partial charge in [-0.1, -0.05) is 19.9 Å². The summed E-state index contributed by atoms with van der Waals surface area (Å²) in [5, 5.41) is 7.24. The molecule has 9 heteroatoms. The van der Waals surface area contributed by atoms with E-state index < -0.39 is 42.5 Å². The van der Waals surface area contributed by atoms with E-state index in [1.165, 1.54) is 0 Å². The molecule has 26 heavy (non-hydrogen) atoms. The van der Waals surface area contributed by atoms with Crippen molar-refractivity contribution in [1.29, 1.82) is 0 Å². The van der Waals surface area contributed by atoms with Crippen LogP contribution in [0.5, 0.6) is 0 Å². The third kappa shape index (κ3) is 4.60. The number of esters is 1. The van der Waals surface area contributed by atoms with Crippen molar-refractivity contribution in [2.45, 2.75) is 38.6 Å². The van der Waals surface area contributed by atoms with Crippen LogP contribution in [0, 0.1) is 0 Å². The molecular formula is C17H23N3O5S. The van der Waals surface area contributed by atoms with E-state index in [1.807, 2.05) is 17.5 Å². The lowest BCUT2D eigenvalue weighted by atomic mass is 9.93. The van der Waals surface area contributed by atoms with Crippen molar-refractivity contribution in [2.75, 3.05) is 19.7 Å². The van der Waals surface area contributed by atoms with Gasteiger partial charge in [0.15, 0.2) is 6.61 Å². The zero-order valence-corrected chi connectivity index (χ0v) is 15.7. The van der Waals surface area contributed by atoms with Crippen LogP contribution in [0.15, 0.2) is 17.5 Å². The minimum Gasteiger partial charge on any atom is -0.454 e. The summed E-state index contributed by atoms with van der Waals surface area (Å²) < 4.78 is 4.86. The molecule has 142 valence electrons. The summed E-state index contributed by atoms with van der Waals surface area (Å²) >= 11 is 1.60. The molecule has 2 rings (SSSR count). The van der Waals surface area contributed by atoms with Gasteiger partial charge in [-0.15, -0.1) is 11.3 Å². The maximum absolute atomic E-state index is 12.4. The number of carbonyl (C=O) groups is 4. The van der Waals surface area contributed by atoms with Gasteiger partial charge in [0.1, 0.15) is 12.1 Å². The third-order valence-electron chi connectivity index (χ3n) is 4.38. The van der Waals surface area contributed by atoms with Crippen LogP contribution >= 0.6 is 11.3 Å². The molecule has 1 fully saturated rings. The Balaban J connectivity index is 1.73. The fraction of sp³-hybridized carbons (Fsp3) is 0.529. The lowest BCUT2D eigenvalue weighted by Crippen LogP contribution is -2.46. The standard InChI is InChI=1S/C17H23N3O5S/c1-3-17(4-2)15(23)20(16(24)19-17)10-14(22)25-11-13(21)18-8-7-12-6-5-9-26-12/h5-6,9H,3-4,7-8,10-11H2,1-2H3,(H,18,21)(H,19,24). The molecule has 0 bridgehead atoms. The fourth-order valence-corrected chi connectivity index (χ4v) is 3.41. The Morgan fingerprint density at radius 3 is 2.62 bits per heavy atom. The molecule has 0 spiro atoms. The number of rotatable bonds is 9. The molecule has 0 aromatic carbocycles. The van der Waals surface area contributed by atoms with Crippen LogP contribution in [0.4, 0.5) is 4.79 Å². The van der Waals surface area contributed by atoms with Crippen molar-refractivity contribution in [3.05, 3.63) is 22.4 Å². The Labute approximate surface area is 155 Å². The SMILES string of the molecule is CCC1(CC)NC(=O)N(CC(=O)OCC(=O)NCCc2cccs2)C1=O. The molecule has 0 unspecified atom stereocenters. The molecule has 2 heterocycles. The molecule has 1 saturated heterocycles. The van der Waals surface area contributed by atoms with E-state index in [2.05, 4.69) is 10.6 Å². The first kappa shape index (κ1) is 19.9. The van der Waals surface area contributed by atoms with Gasteiger partial charge in [0.25, 0.3) is 11.8 Å². The van der Waals surface area contributed by atoms with E-state index >= 15 is 0 Å². The van der Waals surface area contributed by atoms with E-state index in [1.54, 1.807) is 25.2 Å². The van der Waals surface area contributed by atoms with Crippen LogP contribution in [0.3, 0.4) is 0 Å². The minimum absolute atomic E-state index is 0.427. The molecule has 0 radical (unpaired) electrons. The van der Waals surface area contributed by atoms with Gasteiger partial charge in [0.05, 0.1) is 0 Å². The second kappa shape index (κ2) is 8.79. The van der Waals surface area contributed by atoms with Crippen LogP contribution in [-0.4, -0.2) is 54.0 Å². The van der Waals surface area contributed by atoms with Gasteiger partial charge in [0, 0.05) is 11.4 Å². The van der Waals surface area contributed by atoms with Crippen molar-refractivity contribution in [3.8, 4) is 0 Å². The number of imide groups is 1. The van der Waals surface area contributed by atoms with E-state index in [0.29, 0.717) is 25.8 Å². The third-order valence-corrected chi connectivity index (χ3v) is 5.31. The Kier molecular flexibility index (Phi) is 6.73. The average molecular weight is 381 g/mol. The first-order valence-electron chi connectivity index (χ1n) is 8.50. The van der Waals surface area contributed by atoms with Crippen molar-refractivity contribution in [1.82, 2.24) is 15.5 Å². The summed E-state index contributed by atoms with van der Waals surface area (Å²) in [6.45, 7) is 3.09. The molecule has 0 saturated carbocycles. The molecule has 0 aliphatic carbocycles. The summed E-state index contributed by atoms with van der Waals surface area (Å²) in [4.78, 5) is 49.9. The quantitative estimate of drug-likeness (QED) is 0.492. The number of amides is 4. The zero-order chi connectivity index (χ0) is 19.2. The van der Waals surface area contributed by atoms with Crippen LogP contribution in [-0.2, 0) is 25.5 Å². The van der Waals surface area contributed by atoms with Gasteiger partial charge in [-0.2, -0.15) is 0 Å². The van der Waals surface area contributed by atoms with E-state index in [-0.39, 0.29) is 0 Å². The molecule has 8 nitrogen and oxygen atoms in total. The van der Waals surface area contributed by atoms with Crippen LogP contribution < -0.4 is 10.6 Å².